The molecule has 0 spiro atoms. The van der Waals surface area contributed by atoms with E-state index in [1.807, 2.05) is 6.07 Å². The number of aliphatic imine (C=N–C) groups is 1. The minimum absolute atomic E-state index is 0.0250. The second-order valence-corrected chi connectivity index (χ2v) is 8.73. The summed E-state index contributed by atoms with van der Waals surface area (Å²) in [5, 5.41) is 26.6. The molecular formula is C24H35N9O6. The van der Waals surface area contributed by atoms with Crippen LogP contribution in [-0.4, -0.2) is 87.2 Å². The summed E-state index contributed by atoms with van der Waals surface area (Å²) in [6.07, 6.45) is 3.24. The Morgan fingerprint density at radius 1 is 0.949 bits per heavy atom. The molecule has 0 saturated heterocycles. The number of aromatic nitrogens is 2. The molecule has 0 radical (unpaired) electrons. The molecule has 0 aliphatic rings. The Balaban J connectivity index is 2.06. The molecule has 2 rings (SSSR count). The van der Waals surface area contributed by atoms with Gasteiger partial charge in [0.1, 0.15) is 18.1 Å². The number of nitrogens with zero attached hydrogens (tertiary/aromatic N) is 2. The molecule has 4 unspecified atom stereocenters. The first-order chi connectivity index (χ1) is 18.6. The highest BCUT2D eigenvalue weighted by atomic mass is 16.4. The van der Waals surface area contributed by atoms with Crippen molar-refractivity contribution >= 4 is 29.7 Å². The zero-order valence-corrected chi connectivity index (χ0v) is 21.2. The summed E-state index contributed by atoms with van der Waals surface area (Å²) in [5.41, 5.74) is 17.8. The predicted octanol–water partition coefficient (Wildman–Crippen LogP) is -2.89. The van der Waals surface area contributed by atoms with Crippen LogP contribution >= 0.6 is 0 Å². The maximum absolute atomic E-state index is 13.0. The molecule has 4 atom stereocenters. The Kier molecular flexibility index (Phi) is 12.4. The number of carbonyl (C=O) groups is 4. The number of rotatable bonds is 16. The monoisotopic (exact) mass is 545 g/mol. The van der Waals surface area contributed by atoms with E-state index in [9.17, 15) is 29.4 Å². The third-order valence-corrected chi connectivity index (χ3v) is 5.62. The molecule has 1 aromatic heterocycles. The number of nitrogens with two attached hydrogens (primary N) is 3. The van der Waals surface area contributed by atoms with Crippen molar-refractivity contribution in [2.75, 3.05) is 13.2 Å². The number of guanidine groups is 1. The number of aromatic amines is 1. The topological polar surface area (TPSA) is 264 Å². The quantitative estimate of drug-likeness (QED) is 0.0590. The van der Waals surface area contributed by atoms with Crippen LogP contribution in [0, 0.1) is 0 Å². The number of carbonyl (C=O) groups excluding carboxylic acids is 3. The maximum atomic E-state index is 13.0. The largest absolute Gasteiger partial charge is 0.480 e. The van der Waals surface area contributed by atoms with Gasteiger partial charge in [-0.05, 0) is 24.8 Å². The second-order valence-electron chi connectivity index (χ2n) is 8.73. The predicted molar refractivity (Wildman–Crippen MR) is 141 cm³/mol. The average Bonchev–Trinajstić information content (AvgIpc) is 3.41. The fourth-order valence-corrected chi connectivity index (χ4v) is 3.56. The summed E-state index contributed by atoms with van der Waals surface area (Å²) < 4.78 is 0. The van der Waals surface area contributed by atoms with Crippen molar-refractivity contribution in [1.82, 2.24) is 25.9 Å². The van der Waals surface area contributed by atoms with Crippen molar-refractivity contribution in [3.8, 4) is 0 Å². The number of carboxylic acids is 1. The number of H-pyrrole nitrogens is 1. The van der Waals surface area contributed by atoms with E-state index in [4.69, 9.17) is 17.2 Å². The van der Waals surface area contributed by atoms with E-state index in [0.29, 0.717) is 5.69 Å². The van der Waals surface area contributed by atoms with Gasteiger partial charge in [-0.3, -0.25) is 19.4 Å². The number of hydrogen-bond donors (Lipinski definition) is 9. The first-order valence-electron chi connectivity index (χ1n) is 12.2. The standard InChI is InChI=1S/C24H35N9O6/c25-16(9-14-5-2-1-3-6-14)20(35)33-19(12-34)22(37)32-18(10-15-11-28-13-30-15)21(36)31-17(23(38)39)7-4-8-29-24(26)27/h1-3,5-6,11,13,16-19,34H,4,7-10,12,25H2,(H,28,30)(H,31,36)(H,32,37)(H,33,35)(H,38,39)(H4,26,27,29). The molecule has 1 aromatic carbocycles. The minimum atomic E-state index is -1.41. The molecule has 39 heavy (non-hydrogen) atoms. The number of hydrogen-bond acceptors (Lipinski definition) is 8. The Hall–Kier alpha value is -4.50. The lowest BCUT2D eigenvalue weighted by molar-refractivity contribution is -0.142. The molecule has 12 N–H and O–H groups in total. The summed E-state index contributed by atoms with van der Waals surface area (Å²) in [4.78, 5) is 60.7. The lowest BCUT2D eigenvalue weighted by atomic mass is 10.1. The number of aliphatic carboxylic acids is 1. The fraction of sp³-hybridized carbons (Fsp3) is 0.417. The van der Waals surface area contributed by atoms with Gasteiger partial charge in [-0.2, -0.15) is 0 Å². The molecule has 3 amide bonds. The van der Waals surface area contributed by atoms with Crippen LogP contribution in [0.25, 0.3) is 0 Å². The van der Waals surface area contributed by atoms with Crippen LogP contribution in [0.1, 0.15) is 24.1 Å². The van der Waals surface area contributed by atoms with Gasteiger partial charge in [0.15, 0.2) is 5.96 Å². The minimum Gasteiger partial charge on any atom is -0.480 e. The third kappa shape index (κ3) is 10.8. The van der Waals surface area contributed by atoms with Gasteiger partial charge >= 0.3 is 5.97 Å². The number of aliphatic hydroxyl groups excluding tert-OH is 1. The molecular weight excluding hydrogens is 510 g/mol. The van der Waals surface area contributed by atoms with Crippen LogP contribution < -0.4 is 33.2 Å². The number of aliphatic hydroxyl groups is 1. The van der Waals surface area contributed by atoms with Crippen molar-refractivity contribution in [2.24, 2.45) is 22.2 Å². The Bertz CT molecular complexity index is 1110. The van der Waals surface area contributed by atoms with Gasteiger partial charge in [0, 0.05) is 24.9 Å². The van der Waals surface area contributed by atoms with E-state index in [1.54, 1.807) is 24.3 Å². The van der Waals surface area contributed by atoms with Gasteiger partial charge in [-0.1, -0.05) is 30.3 Å². The average molecular weight is 546 g/mol. The van der Waals surface area contributed by atoms with Gasteiger partial charge in [-0.25, -0.2) is 9.78 Å². The first kappa shape index (κ1) is 30.7. The van der Waals surface area contributed by atoms with Crippen molar-refractivity contribution in [3.05, 3.63) is 54.1 Å². The third-order valence-electron chi connectivity index (χ3n) is 5.62. The van der Waals surface area contributed by atoms with Gasteiger partial charge in [0.25, 0.3) is 0 Å². The Morgan fingerprint density at radius 3 is 2.18 bits per heavy atom. The number of benzene rings is 1. The number of carboxylic acid groups (broad SMARTS) is 1. The molecule has 2 aromatic rings. The van der Waals surface area contributed by atoms with E-state index >= 15 is 0 Å². The molecule has 0 aliphatic heterocycles. The van der Waals surface area contributed by atoms with E-state index < -0.39 is 54.5 Å². The summed E-state index contributed by atoms with van der Waals surface area (Å²) in [6.45, 7) is -0.600. The molecule has 1 heterocycles. The van der Waals surface area contributed by atoms with Crippen molar-refractivity contribution in [2.45, 2.75) is 49.9 Å². The van der Waals surface area contributed by atoms with E-state index in [2.05, 4.69) is 30.9 Å². The maximum Gasteiger partial charge on any atom is 0.326 e. The van der Waals surface area contributed by atoms with E-state index in [1.165, 1.54) is 12.5 Å². The van der Waals surface area contributed by atoms with Crippen molar-refractivity contribution < 1.29 is 29.4 Å². The van der Waals surface area contributed by atoms with Gasteiger partial charge in [0.2, 0.25) is 17.7 Å². The summed E-state index contributed by atoms with van der Waals surface area (Å²) >= 11 is 0. The Morgan fingerprint density at radius 2 is 1.59 bits per heavy atom. The molecule has 0 saturated carbocycles. The molecule has 0 fully saturated rings. The fourth-order valence-electron chi connectivity index (χ4n) is 3.56. The van der Waals surface area contributed by atoms with Crippen LogP contribution in [0.2, 0.25) is 0 Å². The smallest absolute Gasteiger partial charge is 0.326 e. The molecule has 0 bridgehead atoms. The van der Waals surface area contributed by atoms with Crippen LogP contribution in [0.4, 0.5) is 0 Å². The van der Waals surface area contributed by atoms with Crippen molar-refractivity contribution in [1.29, 1.82) is 0 Å². The summed E-state index contributed by atoms with van der Waals surface area (Å²) in [7, 11) is 0. The van der Waals surface area contributed by atoms with Gasteiger partial charge in [0.05, 0.1) is 19.0 Å². The zero-order chi connectivity index (χ0) is 28.8. The van der Waals surface area contributed by atoms with Gasteiger partial charge in [-0.15, -0.1) is 0 Å². The number of nitrogens with one attached hydrogen (secondary N) is 4. The molecule has 0 aliphatic carbocycles. The number of imidazole rings is 1. The highest BCUT2D eigenvalue weighted by Crippen LogP contribution is 2.05. The van der Waals surface area contributed by atoms with Crippen LogP contribution in [0.5, 0.6) is 0 Å². The summed E-state index contributed by atoms with van der Waals surface area (Å²) in [6, 6.07) is 4.07. The van der Waals surface area contributed by atoms with E-state index in [0.717, 1.165) is 5.56 Å². The molecule has 15 heteroatoms. The number of amides is 3. The SMILES string of the molecule is NC(N)=NCCCC(NC(=O)C(Cc1cnc[nH]1)NC(=O)C(CO)NC(=O)C(N)Cc1ccccc1)C(=O)O. The van der Waals surface area contributed by atoms with Crippen LogP contribution in [0.15, 0.2) is 47.8 Å². The lowest BCUT2D eigenvalue weighted by Gasteiger charge is -2.24. The zero-order valence-electron chi connectivity index (χ0n) is 21.2. The normalized spacial score (nSPS) is 13.8. The van der Waals surface area contributed by atoms with Crippen molar-refractivity contribution in [3.63, 3.8) is 0 Å². The Labute approximate surface area is 224 Å². The summed E-state index contributed by atoms with van der Waals surface area (Å²) in [5.74, 6) is -3.75. The second kappa shape index (κ2) is 15.7. The first-order valence-corrected chi connectivity index (χ1v) is 12.2. The van der Waals surface area contributed by atoms with Crippen LogP contribution in [-0.2, 0) is 32.0 Å². The molecule has 15 nitrogen and oxygen atoms in total. The van der Waals surface area contributed by atoms with Gasteiger partial charge < -0.3 is 48.3 Å². The van der Waals surface area contributed by atoms with E-state index in [-0.39, 0.29) is 38.2 Å². The highest BCUT2D eigenvalue weighted by molar-refractivity contribution is 5.94. The lowest BCUT2D eigenvalue weighted by Crippen LogP contribution is -2.58. The highest BCUT2D eigenvalue weighted by Gasteiger charge is 2.30. The van der Waals surface area contributed by atoms with Crippen LogP contribution in [0.3, 0.4) is 0 Å². The molecule has 212 valence electrons.